The van der Waals surface area contributed by atoms with E-state index in [0.29, 0.717) is 45.3 Å². The van der Waals surface area contributed by atoms with Crippen molar-refractivity contribution in [1.29, 1.82) is 0 Å². The van der Waals surface area contributed by atoms with Gasteiger partial charge in [0, 0.05) is 134 Å². The number of allylic oxidation sites excluding steroid dienone is 10. The molecule has 2 aliphatic rings. The van der Waals surface area contributed by atoms with Gasteiger partial charge < -0.3 is 49.8 Å². The second kappa shape index (κ2) is 45.5. The molecule has 582 valence electrons. The summed E-state index contributed by atoms with van der Waals surface area (Å²) in [5, 5.41) is 10.6. The average molecular weight is 1740 g/mol. The van der Waals surface area contributed by atoms with E-state index in [4.69, 9.17) is 18.8 Å². The van der Waals surface area contributed by atoms with Gasteiger partial charge in [-0.25, -0.2) is 18.1 Å². The van der Waals surface area contributed by atoms with Gasteiger partial charge in [0.1, 0.15) is 51.5 Å². The van der Waals surface area contributed by atoms with E-state index in [9.17, 15) is 50.7 Å². The average Bonchev–Trinajstić information content (AvgIpc) is 0.794. The summed E-state index contributed by atoms with van der Waals surface area (Å²) in [6, 6.07) is 24.7. The summed E-state index contributed by atoms with van der Waals surface area (Å²) in [7, 11) is 8.25. The van der Waals surface area contributed by atoms with Crippen LogP contribution in [0.25, 0.3) is 11.1 Å². The van der Waals surface area contributed by atoms with Gasteiger partial charge in [-0.15, -0.1) is 0 Å². The minimum atomic E-state index is -4.81. The third-order valence-electron chi connectivity index (χ3n) is 16.6. The van der Waals surface area contributed by atoms with Gasteiger partial charge in [-0.2, -0.15) is 8.42 Å². The molecule has 0 saturated heterocycles. The molecule has 0 spiro atoms. The second-order valence-electron chi connectivity index (χ2n) is 26.2. The van der Waals surface area contributed by atoms with Gasteiger partial charge in [0.05, 0.1) is 36.8 Å². The van der Waals surface area contributed by atoms with Crippen LogP contribution in [-0.2, 0) is 58.4 Å². The first kappa shape index (κ1) is 91.1. The highest BCUT2D eigenvalue weighted by molar-refractivity contribution is 14.1. The maximum atomic E-state index is 13.2. The summed E-state index contributed by atoms with van der Waals surface area (Å²) in [6.07, 6.45) is 18.7. The molecule has 4 aromatic rings. The van der Waals surface area contributed by atoms with Crippen molar-refractivity contribution in [2.24, 2.45) is 0 Å². The number of hydrogen-bond acceptors (Lipinski definition) is 15. The molecular weight excluding hydrogens is 1630 g/mol. The Morgan fingerprint density at radius 1 is 0.533 bits per heavy atom. The molecule has 0 aromatic heterocycles. The zero-order valence-electron chi connectivity index (χ0n) is 62.5. The van der Waals surface area contributed by atoms with Crippen LogP contribution in [0.2, 0.25) is 0 Å². The van der Waals surface area contributed by atoms with E-state index in [2.05, 4.69) is 241 Å². The third-order valence-corrected chi connectivity index (χ3v) is 19.6. The van der Waals surface area contributed by atoms with Gasteiger partial charge in [0.15, 0.2) is 11.4 Å². The maximum absolute atomic E-state index is 13.2. The molecule has 4 aromatic carbocycles. The van der Waals surface area contributed by atoms with Gasteiger partial charge in [-0.3, -0.25) is 38.1 Å². The lowest BCUT2D eigenvalue weighted by molar-refractivity contribution is -0.462. The molecule has 5 amide bonds. The minimum absolute atomic E-state index is 0. The van der Waals surface area contributed by atoms with E-state index in [1.54, 1.807) is 0 Å². The van der Waals surface area contributed by atoms with E-state index >= 15 is 0 Å². The molecule has 24 nitrogen and oxygen atoms in total. The molecule has 0 aliphatic heterocycles. The first-order valence-corrected chi connectivity index (χ1v) is 40.4. The molecule has 2 atom stereocenters. The van der Waals surface area contributed by atoms with Crippen LogP contribution in [0.4, 0.5) is 11.4 Å². The number of rotatable bonds is 38. The van der Waals surface area contributed by atoms with Crippen LogP contribution in [0.5, 0.6) is 11.5 Å². The summed E-state index contributed by atoms with van der Waals surface area (Å²) in [5.74, 6) is 1.14. The number of carbonyl (C=O) groups is 7. The van der Waals surface area contributed by atoms with E-state index in [0.717, 1.165) is 91.5 Å². The van der Waals surface area contributed by atoms with E-state index in [1.165, 1.54) is 10.3 Å². The van der Waals surface area contributed by atoms with Gasteiger partial charge in [0.25, 0.3) is 0 Å². The fourth-order valence-electron chi connectivity index (χ4n) is 11.1. The zero-order valence-corrected chi connectivity index (χ0v) is 68.5. The Kier molecular flexibility index (Phi) is 38.7. The van der Waals surface area contributed by atoms with Gasteiger partial charge >= 0.3 is 16.3 Å². The summed E-state index contributed by atoms with van der Waals surface area (Å²) >= 11 is 4.68. The number of ether oxygens (including phenoxy) is 3. The molecule has 0 heterocycles. The van der Waals surface area contributed by atoms with Crippen LogP contribution in [0, 0.1) is 21.0 Å². The monoisotopic (exact) mass is 1740 g/mol. The number of ketones is 1. The smallest absolute Gasteiger partial charge is 0.359 e. The molecule has 7 N–H and O–H groups in total. The summed E-state index contributed by atoms with van der Waals surface area (Å²) < 4.78 is 76.0. The van der Waals surface area contributed by atoms with Crippen molar-refractivity contribution in [3.63, 3.8) is 0 Å². The molecule has 107 heavy (non-hydrogen) atoms. The van der Waals surface area contributed by atoms with Crippen LogP contribution in [0.1, 0.15) is 131 Å². The lowest BCUT2D eigenvalue weighted by Crippen LogP contribution is -2.48. The number of anilines is 2. The fourth-order valence-corrected chi connectivity index (χ4v) is 14.2. The van der Waals surface area contributed by atoms with Crippen molar-refractivity contribution in [3.05, 3.63) is 173 Å². The molecule has 2 unspecified atom stereocenters. The third kappa shape index (κ3) is 32.6. The van der Waals surface area contributed by atoms with Crippen molar-refractivity contribution in [2.75, 3.05) is 111 Å². The normalized spacial score (nSPS) is 13.0. The van der Waals surface area contributed by atoms with Crippen LogP contribution in [-0.4, -0.2) is 197 Å². The fraction of sp³-hybridized carbons (Fsp3) is 0.418. The standard InChI is InChI=1S/C49H69N7O12S2.C29H33I2N2O3.CH4/c1-34-32-38(47(36-15-19-39(20-16-36)55(3)4)37-17-21-40(22-18-37)56(5)6)33-35(2)48(34)68-30-10-14-43(58)51-28-29-52-49(62)42(53-45(60)25-26-46(61)54-70(65,66)67)13-8-9-27-50-44(59)24-23-41(57)12-11-31-69(7,63)64;1-6-35-27(34)8-7-17-36-29-25(30)18-22(19-26(29)31)28(20-9-13-23(14-10-20)32(2)3)21-11-15-24(16-12-21)33(4)5;/h15-22,32-33,42H,7-14,23-31H2,1-6H3,(H6-,50,51,52,53,54,58,59,60,61,62,63,64,65,66,67);9-16,18-19H,6-8,17H2,1-5H3;1H4/q;+1;/p+1. The van der Waals surface area contributed by atoms with Crippen LogP contribution < -0.4 is 45.3 Å². The highest BCUT2D eigenvalue weighted by Gasteiger charge is 2.24. The van der Waals surface area contributed by atoms with Crippen LogP contribution >= 0.6 is 45.2 Å². The first-order chi connectivity index (χ1) is 50.1. The molecule has 0 fully saturated rings. The molecule has 2 aliphatic carbocycles. The molecule has 6 rings (SSSR count). The Balaban J connectivity index is 0.000000546. The number of nitrogens with zero attached hydrogens (tertiary/aromatic N) is 4. The maximum Gasteiger partial charge on any atom is 0.359 e. The SMILES string of the molecule is C.C=S(=O)(O)CCCC(=O)CCC(=O)NCCCCC(NC(=O)CCC(=O)NS(=O)(=O)O)C(=O)NCCNC(=O)CCCOc1c(C)cc(C(=C2C=CC(=[N+](C)C)C=C2)c2ccc(N(C)C)cc2)cc1C.CCOC(=O)CCCOc1c(I)cc(C(=C2C=CC(=[N+](C)C)C=C2)c2ccc(N(C)C)cc2)cc1I. The molecule has 0 bridgehead atoms. The number of amides is 5. The lowest BCUT2D eigenvalue weighted by atomic mass is 9.89. The van der Waals surface area contributed by atoms with Crippen LogP contribution in [0.3, 0.4) is 0 Å². The second-order valence-corrected chi connectivity index (χ2v) is 31.6. The Hall–Kier alpha value is -8.30. The van der Waals surface area contributed by atoms with Crippen molar-refractivity contribution in [1.82, 2.24) is 26.0 Å². The van der Waals surface area contributed by atoms with Gasteiger partial charge in [-0.1, -0.05) is 31.7 Å². The van der Waals surface area contributed by atoms with E-state index in [-0.39, 0.29) is 102 Å². The number of halogens is 2. The van der Waals surface area contributed by atoms with Gasteiger partial charge in [0.2, 0.25) is 29.5 Å². The minimum Gasteiger partial charge on any atom is -0.493 e. The summed E-state index contributed by atoms with van der Waals surface area (Å²) in [6.45, 7) is 7.31. The summed E-state index contributed by atoms with van der Waals surface area (Å²) in [4.78, 5) is 90.4. The number of aryl methyl sites for hydroxylation is 2. The van der Waals surface area contributed by atoms with E-state index in [1.807, 2.05) is 49.0 Å². The topological polar surface area (TPSA) is 312 Å². The number of benzene rings is 4. The Morgan fingerprint density at radius 3 is 1.46 bits per heavy atom. The number of nitrogens with one attached hydrogen (secondary N) is 5. The lowest BCUT2D eigenvalue weighted by Gasteiger charge is -2.19. The van der Waals surface area contributed by atoms with Crippen molar-refractivity contribution in [2.45, 2.75) is 118 Å². The highest BCUT2D eigenvalue weighted by atomic mass is 127. The van der Waals surface area contributed by atoms with E-state index < -0.39 is 56.7 Å². The largest absolute Gasteiger partial charge is 0.493 e. The molecule has 0 saturated carbocycles. The Morgan fingerprint density at radius 2 is 0.981 bits per heavy atom. The number of esters is 1. The number of Topliss-reactive ketones (excluding diaryl/α,β-unsaturated/α-hetero) is 1. The Labute approximate surface area is 659 Å². The zero-order chi connectivity index (χ0) is 78.3. The molecular formula is C79H107I2N9O15S2+2. The van der Waals surface area contributed by atoms with Gasteiger partial charge in [-0.05, 0) is 239 Å². The van der Waals surface area contributed by atoms with Crippen molar-refractivity contribution >= 4 is 146 Å². The number of unbranched alkanes of at least 4 members (excludes halogenated alkanes) is 1. The van der Waals surface area contributed by atoms with Crippen molar-refractivity contribution < 1.29 is 78.7 Å². The summed E-state index contributed by atoms with van der Waals surface area (Å²) in [5.41, 5.74) is 15.4. The first-order valence-electron chi connectivity index (χ1n) is 35.0. The molecule has 0 radical (unpaired) electrons. The number of hydrogen-bond donors (Lipinski definition) is 7. The Bertz CT molecular complexity index is 4200. The van der Waals surface area contributed by atoms with Crippen molar-refractivity contribution in [3.8, 4) is 11.5 Å². The predicted octanol–water partition coefficient (Wildman–Crippen LogP) is 10.2. The van der Waals surface area contributed by atoms with Crippen LogP contribution in [0.15, 0.2) is 133 Å². The molecule has 28 heteroatoms. The quantitative estimate of drug-likeness (QED) is 0.00548. The predicted molar refractivity (Wildman–Crippen MR) is 445 cm³/mol. The highest BCUT2D eigenvalue weighted by Crippen LogP contribution is 2.38. The number of carbonyl (C=O) groups excluding carboxylic acids is 7.